The lowest BCUT2D eigenvalue weighted by atomic mass is 10.1. The molecule has 0 N–H and O–H groups in total. The monoisotopic (exact) mass is 387 g/mol. The number of unbranched alkanes of at least 4 members (excludes halogenated alkanes) is 2. The first-order chi connectivity index (χ1) is 13.6. The summed E-state index contributed by atoms with van der Waals surface area (Å²) in [5.74, 6) is 1.16. The molecular weight excluding hydrogens is 357 g/mol. The highest BCUT2D eigenvalue weighted by molar-refractivity contribution is 5.76. The topological polar surface area (TPSA) is 38.8 Å². The first-order valence-electron chi connectivity index (χ1n) is 9.81. The van der Waals surface area contributed by atoms with Crippen LogP contribution in [0.1, 0.15) is 43.7 Å². The van der Waals surface area contributed by atoms with E-state index in [1.165, 1.54) is 12.1 Å². The number of para-hydroxylation sites is 1. The summed E-state index contributed by atoms with van der Waals surface area (Å²) in [6.45, 7) is 3.35. The molecule has 0 aromatic heterocycles. The average Bonchev–Trinajstić information content (AvgIpc) is 2.72. The van der Waals surface area contributed by atoms with Crippen LogP contribution in [0.3, 0.4) is 0 Å². The van der Waals surface area contributed by atoms with Crippen LogP contribution < -0.4 is 9.47 Å². The summed E-state index contributed by atoms with van der Waals surface area (Å²) < 4.78 is 24.0. The van der Waals surface area contributed by atoms with E-state index in [4.69, 9.17) is 9.47 Å². The summed E-state index contributed by atoms with van der Waals surface area (Å²) in [6.07, 6.45) is 4.10. The van der Waals surface area contributed by atoms with Crippen molar-refractivity contribution in [3.63, 3.8) is 0 Å². The zero-order chi connectivity index (χ0) is 20.4. The maximum absolute atomic E-state index is 13.2. The Hall–Kier alpha value is -2.56. The van der Waals surface area contributed by atoms with Crippen LogP contribution in [0.4, 0.5) is 4.39 Å². The van der Waals surface area contributed by atoms with Crippen LogP contribution in [0.2, 0.25) is 0 Å². The van der Waals surface area contributed by atoms with Gasteiger partial charge in [0.2, 0.25) is 5.91 Å². The minimum absolute atomic E-state index is 0.0882. The predicted molar refractivity (Wildman–Crippen MR) is 109 cm³/mol. The molecule has 2 aromatic rings. The Morgan fingerprint density at radius 1 is 1.04 bits per heavy atom. The highest BCUT2D eigenvalue weighted by atomic mass is 19.1. The Kier molecular flexibility index (Phi) is 8.79. The van der Waals surface area contributed by atoms with Gasteiger partial charge in [0.1, 0.15) is 5.82 Å². The smallest absolute Gasteiger partial charge is 0.223 e. The van der Waals surface area contributed by atoms with Crippen molar-refractivity contribution >= 4 is 5.91 Å². The second-order valence-corrected chi connectivity index (χ2v) is 6.80. The van der Waals surface area contributed by atoms with Crippen molar-refractivity contribution in [1.29, 1.82) is 0 Å². The number of methoxy groups -OCH3 is 2. The van der Waals surface area contributed by atoms with Crippen LogP contribution in [-0.4, -0.2) is 31.6 Å². The predicted octanol–water partition coefficient (Wildman–Crippen LogP) is 4.99. The lowest BCUT2D eigenvalue weighted by molar-refractivity contribution is -0.131. The molecule has 28 heavy (non-hydrogen) atoms. The number of amides is 1. The normalized spacial score (nSPS) is 10.6. The van der Waals surface area contributed by atoms with Crippen LogP contribution in [0, 0.1) is 5.82 Å². The molecule has 0 aliphatic rings. The molecule has 0 fully saturated rings. The maximum Gasteiger partial charge on any atom is 0.223 e. The fourth-order valence-corrected chi connectivity index (χ4v) is 3.21. The van der Waals surface area contributed by atoms with Gasteiger partial charge in [-0.25, -0.2) is 4.39 Å². The van der Waals surface area contributed by atoms with Crippen molar-refractivity contribution in [3.05, 3.63) is 59.4 Å². The number of aryl methyl sites for hydroxylation is 1. The van der Waals surface area contributed by atoms with Crippen LogP contribution in [0.15, 0.2) is 42.5 Å². The van der Waals surface area contributed by atoms with Crippen LogP contribution in [-0.2, 0) is 17.8 Å². The fourth-order valence-electron chi connectivity index (χ4n) is 3.21. The van der Waals surface area contributed by atoms with Crippen LogP contribution in [0.25, 0.3) is 0 Å². The molecule has 1 amide bonds. The number of hydrogen-bond acceptors (Lipinski definition) is 3. The van der Waals surface area contributed by atoms with Crippen molar-refractivity contribution in [3.8, 4) is 11.5 Å². The molecule has 152 valence electrons. The third kappa shape index (κ3) is 6.25. The number of ether oxygens (including phenoxy) is 2. The number of hydrogen-bond donors (Lipinski definition) is 0. The summed E-state index contributed by atoms with van der Waals surface area (Å²) in [5.41, 5.74) is 1.88. The van der Waals surface area contributed by atoms with Crippen molar-refractivity contribution in [2.45, 2.75) is 45.6 Å². The molecule has 0 spiro atoms. The molecule has 0 saturated heterocycles. The maximum atomic E-state index is 13.2. The van der Waals surface area contributed by atoms with E-state index in [2.05, 4.69) is 6.92 Å². The second kappa shape index (κ2) is 11.3. The van der Waals surface area contributed by atoms with Gasteiger partial charge >= 0.3 is 0 Å². The third-order valence-electron chi connectivity index (χ3n) is 4.76. The Morgan fingerprint density at radius 2 is 1.79 bits per heavy atom. The Labute approximate surface area is 167 Å². The van der Waals surface area contributed by atoms with E-state index in [9.17, 15) is 9.18 Å². The fraction of sp³-hybridized carbons (Fsp3) is 0.435. The summed E-state index contributed by atoms with van der Waals surface area (Å²) in [6, 6.07) is 12.0. The van der Waals surface area contributed by atoms with Gasteiger partial charge < -0.3 is 14.4 Å². The SMILES string of the molecule is CCCCCN(Cc1ccc(F)cc1)C(=O)CCc1cccc(OC)c1OC. The highest BCUT2D eigenvalue weighted by Gasteiger charge is 2.16. The first kappa shape index (κ1) is 21.7. The number of carbonyl (C=O) groups excluding carboxylic acids is 1. The van der Waals surface area contributed by atoms with Gasteiger partial charge in [-0.1, -0.05) is 44.0 Å². The van der Waals surface area contributed by atoms with Crippen molar-refractivity contribution < 1.29 is 18.7 Å². The Bertz CT molecular complexity index is 746. The van der Waals surface area contributed by atoms with E-state index in [0.717, 1.165) is 30.4 Å². The van der Waals surface area contributed by atoms with Gasteiger partial charge in [0, 0.05) is 19.5 Å². The zero-order valence-corrected chi connectivity index (χ0v) is 17.0. The second-order valence-electron chi connectivity index (χ2n) is 6.80. The largest absolute Gasteiger partial charge is 0.493 e. The van der Waals surface area contributed by atoms with E-state index >= 15 is 0 Å². The molecule has 4 nitrogen and oxygen atoms in total. The van der Waals surface area contributed by atoms with Gasteiger partial charge in [0.15, 0.2) is 11.5 Å². The van der Waals surface area contributed by atoms with Gasteiger partial charge in [-0.15, -0.1) is 0 Å². The lowest BCUT2D eigenvalue weighted by Gasteiger charge is -2.23. The minimum atomic E-state index is -0.266. The lowest BCUT2D eigenvalue weighted by Crippen LogP contribution is -2.31. The number of halogens is 1. The van der Waals surface area contributed by atoms with Crippen molar-refractivity contribution in [2.75, 3.05) is 20.8 Å². The number of carbonyl (C=O) groups is 1. The summed E-state index contributed by atoms with van der Waals surface area (Å²) in [7, 11) is 3.21. The average molecular weight is 387 g/mol. The number of benzene rings is 2. The van der Waals surface area contributed by atoms with Gasteiger partial charge in [-0.05, 0) is 42.2 Å². The van der Waals surface area contributed by atoms with E-state index in [0.29, 0.717) is 37.4 Å². The molecule has 0 aliphatic carbocycles. The summed E-state index contributed by atoms with van der Waals surface area (Å²) in [4.78, 5) is 14.8. The number of rotatable bonds is 11. The van der Waals surface area contributed by atoms with E-state index < -0.39 is 0 Å². The molecule has 0 aliphatic heterocycles. The standard InChI is InChI=1S/C23H30FNO3/c1-4-5-6-16-25(17-18-10-13-20(24)14-11-18)22(26)15-12-19-8-7-9-21(27-2)23(19)28-3/h7-11,13-14H,4-6,12,15-17H2,1-3H3. The minimum Gasteiger partial charge on any atom is -0.493 e. The van der Waals surface area contributed by atoms with Gasteiger partial charge in [0.25, 0.3) is 0 Å². The number of nitrogens with zero attached hydrogens (tertiary/aromatic N) is 1. The van der Waals surface area contributed by atoms with Crippen LogP contribution in [0.5, 0.6) is 11.5 Å². The molecule has 0 unspecified atom stereocenters. The van der Waals surface area contributed by atoms with E-state index in [1.807, 2.05) is 23.1 Å². The van der Waals surface area contributed by atoms with Crippen molar-refractivity contribution in [2.24, 2.45) is 0 Å². The van der Waals surface area contributed by atoms with Crippen molar-refractivity contribution in [1.82, 2.24) is 4.90 Å². The Morgan fingerprint density at radius 3 is 2.43 bits per heavy atom. The molecule has 0 bridgehead atoms. The van der Waals surface area contributed by atoms with Gasteiger partial charge in [-0.2, -0.15) is 0 Å². The molecule has 0 atom stereocenters. The molecule has 0 radical (unpaired) electrons. The highest BCUT2D eigenvalue weighted by Crippen LogP contribution is 2.31. The molecule has 2 aromatic carbocycles. The summed E-state index contributed by atoms with van der Waals surface area (Å²) >= 11 is 0. The molecule has 5 heteroatoms. The zero-order valence-electron chi connectivity index (χ0n) is 17.0. The first-order valence-corrected chi connectivity index (χ1v) is 9.81. The molecule has 0 heterocycles. The molecule has 0 saturated carbocycles. The molecular formula is C23H30FNO3. The van der Waals surface area contributed by atoms with Crippen LogP contribution >= 0.6 is 0 Å². The van der Waals surface area contributed by atoms with Gasteiger partial charge in [-0.3, -0.25) is 4.79 Å². The Balaban J connectivity index is 2.06. The molecule has 2 rings (SSSR count). The van der Waals surface area contributed by atoms with E-state index in [1.54, 1.807) is 26.4 Å². The van der Waals surface area contributed by atoms with E-state index in [-0.39, 0.29) is 11.7 Å². The van der Waals surface area contributed by atoms with Gasteiger partial charge in [0.05, 0.1) is 14.2 Å². The summed E-state index contributed by atoms with van der Waals surface area (Å²) in [5, 5.41) is 0. The quantitative estimate of drug-likeness (QED) is 0.510. The third-order valence-corrected chi connectivity index (χ3v) is 4.76.